The van der Waals surface area contributed by atoms with Crippen LogP contribution >= 0.6 is 46.6 Å². The van der Waals surface area contributed by atoms with Crippen molar-refractivity contribution in [2.24, 2.45) is 0 Å². The topological polar surface area (TPSA) is 46.5 Å². The molecule has 3 rings (SSSR count). The van der Waals surface area contributed by atoms with Crippen LogP contribution in [0.25, 0.3) is 6.08 Å². The van der Waals surface area contributed by atoms with Gasteiger partial charge in [0.05, 0.1) is 11.5 Å². The van der Waals surface area contributed by atoms with E-state index in [4.69, 9.17) is 39.5 Å². The minimum absolute atomic E-state index is 0.0465. The molecule has 3 nitrogen and oxygen atoms in total. The fraction of sp³-hybridized carbons (Fsp3) is 0.125. The van der Waals surface area contributed by atoms with Gasteiger partial charge in [0.1, 0.15) is 0 Å². The zero-order chi connectivity index (χ0) is 22.4. The normalized spacial score (nSPS) is 11.4. The molecule has 0 aliphatic heterocycles. The first-order valence-electron chi connectivity index (χ1n) is 9.42. The van der Waals surface area contributed by atoms with Crippen LogP contribution in [-0.2, 0) is 5.75 Å². The van der Waals surface area contributed by atoms with E-state index in [-0.39, 0.29) is 11.5 Å². The maximum atomic E-state index is 13.2. The third-order valence-corrected chi connectivity index (χ3v) is 6.22. The predicted molar refractivity (Wildman–Crippen MR) is 131 cm³/mol. The Hall–Kier alpha value is -2.11. The second kappa shape index (κ2) is 11.0. The molecule has 1 N–H and O–H groups in total. The highest BCUT2D eigenvalue weighted by atomic mass is 35.5. The van der Waals surface area contributed by atoms with Crippen molar-refractivity contribution < 1.29 is 14.6 Å². The largest absolute Gasteiger partial charge is 0.504 e. The van der Waals surface area contributed by atoms with Crippen LogP contribution in [0.5, 0.6) is 11.5 Å². The summed E-state index contributed by atoms with van der Waals surface area (Å²) in [5.74, 6) is 0.751. The molecule has 0 saturated heterocycles. The van der Waals surface area contributed by atoms with Gasteiger partial charge in [-0.1, -0.05) is 46.9 Å². The molecule has 0 bridgehead atoms. The Balaban J connectivity index is 1.95. The molecule has 0 aliphatic rings. The Morgan fingerprint density at radius 2 is 1.71 bits per heavy atom. The Morgan fingerprint density at radius 3 is 2.39 bits per heavy atom. The second-order valence-electron chi connectivity index (χ2n) is 6.53. The van der Waals surface area contributed by atoms with Gasteiger partial charge in [-0.3, -0.25) is 4.79 Å². The van der Waals surface area contributed by atoms with Crippen molar-refractivity contribution >= 4 is 58.4 Å². The lowest BCUT2D eigenvalue weighted by Gasteiger charge is -2.10. The molecule has 0 heterocycles. The molecule has 160 valence electrons. The molecule has 3 aromatic rings. The highest BCUT2D eigenvalue weighted by Crippen LogP contribution is 2.33. The molecular formula is C24H19Cl3O3S. The number of phenolic OH excluding ortho intramolecular Hbond substituents is 1. The Kier molecular flexibility index (Phi) is 8.33. The van der Waals surface area contributed by atoms with E-state index in [9.17, 15) is 9.90 Å². The van der Waals surface area contributed by atoms with Gasteiger partial charge in [0, 0.05) is 26.4 Å². The number of halogens is 3. The molecule has 0 spiro atoms. The minimum Gasteiger partial charge on any atom is -0.504 e. The van der Waals surface area contributed by atoms with Crippen LogP contribution in [-0.4, -0.2) is 17.5 Å². The van der Waals surface area contributed by atoms with Crippen molar-refractivity contribution in [2.75, 3.05) is 6.61 Å². The van der Waals surface area contributed by atoms with E-state index in [0.29, 0.717) is 43.6 Å². The zero-order valence-corrected chi connectivity index (χ0v) is 19.7. The van der Waals surface area contributed by atoms with E-state index in [2.05, 4.69) is 0 Å². The summed E-state index contributed by atoms with van der Waals surface area (Å²) < 4.78 is 5.46. The SMILES string of the molecule is CCOc1cc(C=C(SCc2ccc(Cl)cc2Cl)C(=O)c2ccc(Cl)cc2)ccc1O. The lowest BCUT2D eigenvalue weighted by Crippen LogP contribution is -2.01. The van der Waals surface area contributed by atoms with Gasteiger partial charge in [-0.15, -0.1) is 11.8 Å². The van der Waals surface area contributed by atoms with Gasteiger partial charge in [-0.2, -0.15) is 0 Å². The second-order valence-corrected chi connectivity index (χ2v) is 8.83. The highest BCUT2D eigenvalue weighted by molar-refractivity contribution is 8.03. The van der Waals surface area contributed by atoms with Gasteiger partial charge >= 0.3 is 0 Å². The van der Waals surface area contributed by atoms with E-state index < -0.39 is 0 Å². The average Bonchev–Trinajstić information content (AvgIpc) is 2.74. The number of allylic oxidation sites excluding steroid dienone is 1. The first-order chi connectivity index (χ1) is 14.9. The molecule has 0 aliphatic carbocycles. The molecule has 0 unspecified atom stereocenters. The van der Waals surface area contributed by atoms with Crippen molar-refractivity contribution in [1.82, 2.24) is 0 Å². The summed E-state index contributed by atoms with van der Waals surface area (Å²) in [4.78, 5) is 13.7. The predicted octanol–water partition coefficient (Wildman–Crippen LogP) is 7.91. The number of hydrogen-bond acceptors (Lipinski definition) is 4. The molecule has 0 amide bonds. The van der Waals surface area contributed by atoms with Crippen LogP contribution in [0, 0.1) is 0 Å². The number of Topliss-reactive ketones (excluding diaryl/α,β-unsaturated/α-hetero) is 1. The summed E-state index contributed by atoms with van der Waals surface area (Å²) in [5.41, 5.74) is 2.12. The van der Waals surface area contributed by atoms with Gasteiger partial charge in [0.2, 0.25) is 0 Å². The number of phenols is 1. The van der Waals surface area contributed by atoms with Gasteiger partial charge in [-0.05, 0) is 72.7 Å². The van der Waals surface area contributed by atoms with Crippen molar-refractivity contribution in [3.05, 3.63) is 97.3 Å². The minimum atomic E-state index is -0.141. The number of rotatable bonds is 8. The standard InChI is InChI=1S/C24H19Cl3O3S/c1-2-30-22-11-15(3-10-21(22)28)12-23(24(29)16-4-7-18(25)8-5-16)31-14-17-6-9-19(26)13-20(17)27/h3-13,28H,2,14H2,1H3. The number of hydrogen-bond donors (Lipinski definition) is 1. The van der Waals surface area contributed by atoms with Gasteiger partial charge in [0.25, 0.3) is 0 Å². The Morgan fingerprint density at radius 1 is 1.00 bits per heavy atom. The number of aromatic hydroxyl groups is 1. The van der Waals surface area contributed by atoms with Crippen LogP contribution in [0.2, 0.25) is 15.1 Å². The summed E-state index contributed by atoms with van der Waals surface area (Å²) in [5, 5.41) is 11.6. The van der Waals surface area contributed by atoms with Crippen LogP contribution in [0.1, 0.15) is 28.4 Å². The summed E-state index contributed by atoms with van der Waals surface area (Å²) in [7, 11) is 0. The summed E-state index contributed by atoms with van der Waals surface area (Å²) in [6.45, 7) is 2.25. The summed E-state index contributed by atoms with van der Waals surface area (Å²) in [6.07, 6.45) is 1.77. The molecule has 0 saturated carbocycles. The van der Waals surface area contributed by atoms with Crippen LogP contribution in [0.15, 0.2) is 65.6 Å². The Bertz CT molecular complexity index is 1110. The molecular weight excluding hydrogens is 475 g/mol. The Labute approximate surface area is 200 Å². The van der Waals surface area contributed by atoms with Crippen molar-refractivity contribution in [3.8, 4) is 11.5 Å². The number of ketones is 1. The fourth-order valence-electron chi connectivity index (χ4n) is 2.75. The number of benzene rings is 3. The van der Waals surface area contributed by atoms with Crippen LogP contribution in [0.4, 0.5) is 0 Å². The third kappa shape index (κ3) is 6.44. The molecule has 7 heteroatoms. The molecule has 0 aromatic heterocycles. The molecule has 0 fully saturated rings. The van der Waals surface area contributed by atoms with Crippen molar-refractivity contribution in [1.29, 1.82) is 0 Å². The molecule has 31 heavy (non-hydrogen) atoms. The lowest BCUT2D eigenvalue weighted by atomic mass is 10.1. The van der Waals surface area contributed by atoms with Crippen LogP contribution < -0.4 is 4.74 Å². The third-order valence-electron chi connectivity index (χ3n) is 4.31. The maximum Gasteiger partial charge on any atom is 0.199 e. The summed E-state index contributed by atoms with van der Waals surface area (Å²) >= 11 is 19.6. The first kappa shape index (κ1) is 23.6. The van der Waals surface area contributed by atoms with Crippen molar-refractivity contribution in [2.45, 2.75) is 12.7 Å². The molecule has 0 radical (unpaired) electrons. The quantitative estimate of drug-likeness (QED) is 0.256. The zero-order valence-electron chi connectivity index (χ0n) is 16.6. The van der Waals surface area contributed by atoms with Gasteiger partial charge in [-0.25, -0.2) is 0 Å². The van der Waals surface area contributed by atoms with E-state index in [1.54, 1.807) is 60.7 Å². The van der Waals surface area contributed by atoms with Crippen LogP contribution in [0.3, 0.4) is 0 Å². The average molecular weight is 494 g/mol. The maximum absolute atomic E-state index is 13.2. The van der Waals surface area contributed by atoms with E-state index in [0.717, 1.165) is 11.1 Å². The first-order valence-corrected chi connectivity index (χ1v) is 11.5. The van der Waals surface area contributed by atoms with Crippen molar-refractivity contribution in [3.63, 3.8) is 0 Å². The monoisotopic (exact) mass is 492 g/mol. The van der Waals surface area contributed by atoms with E-state index in [1.165, 1.54) is 11.8 Å². The highest BCUT2D eigenvalue weighted by Gasteiger charge is 2.15. The van der Waals surface area contributed by atoms with Gasteiger partial charge in [0.15, 0.2) is 17.3 Å². The lowest BCUT2D eigenvalue weighted by molar-refractivity contribution is 0.104. The number of carbonyl (C=O) groups excluding carboxylic acids is 1. The molecule has 0 atom stereocenters. The number of ether oxygens (including phenoxy) is 1. The smallest absolute Gasteiger partial charge is 0.199 e. The summed E-state index contributed by atoms with van der Waals surface area (Å²) in [6, 6.07) is 17.0. The fourth-order valence-corrected chi connectivity index (χ4v) is 4.47. The number of carbonyl (C=O) groups is 1. The van der Waals surface area contributed by atoms with E-state index >= 15 is 0 Å². The molecule has 3 aromatic carbocycles. The van der Waals surface area contributed by atoms with E-state index in [1.807, 2.05) is 13.0 Å². The number of thioether (sulfide) groups is 1. The van der Waals surface area contributed by atoms with Gasteiger partial charge < -0.3 is 9.84 Å².